The van der Waals surface area contributed by atoms with Crippen molar-refractivity contribution in [2.75, 3.05) is 18.2 Å². The normalized spacial score (nSPS) is 13.4. The highest BCUT2D eigenvalue weighted by molar-refractivity contribution is 5.73. The third kappa shape index (κ3) is 1.76. The van der Waals surface area contributed by atoms with E-state index >= 15 is 0 Å². The van der Waals surface area contributed by atoms with Crippen molar-refractivity contribution in [2.45, 2.75) is 6.92 Å². The first-order valence-corrected chi connectivity index (χ1v) is 5.95. The zero-order valence-electron chi connectivity index (χ0n) is 9.89. The number of hydrogen-bond donors (Lipinski definition) is 0. The van der Waals surface area contributed by atoms with Crippen molar-refractivity contribution in [1.82, 2.24) is 0 Å². The summed E-state index contributed by atoms with van der Waals surface area (Å²) in [4.78, 5) is 2.24. The summed E-state index contributed by atoms with van der Waals surface area (Å²) >= 11 is 0. The second-order valence-corrected chi connectivity index (χ2v) is 4.18. The van der Waals surface area contributed by atoms with Gasteiger partial charge in [0.2, 0.25) is 0 Å². The van der Waals surface area contributed by atoms with Gasteiger partial charge in [-0.1, -0.05) is 36.4 Å². The molecule has 86 valence electrons. The van der Waals surface area contributed by atoms with Gasteiger partial charge in [0.25, 0.3) is 0 Å². The summed E-state index contributed by atoms with van der Waals surface area (Å²) in [6.45, 7) is 3.79. The number of nitrogens with zero attached hydrogens (tertiary/aromatic N) is 1. The molecule has 2 heteroatoms. The Labute approximate surface area is 101 Å². The van der Waals surface area contributed by atoms with Crippen molar-refractivity contribution in [3.63, 3.8) is 0 Å². The van der Waals surface area contributed by atoms with Crippen LogP contribution >= 0.6 is 0 Å². The lowest BCUT2D eigenvalue weighted by atomic mass is 10.0. The molecule has 1 heterocycles. The first-order chi connectivity index (χ1) is 8.38. The molecule has 0 bridgehead atoms. The minimum absolute atomic E-state index is 0.671. The van der Waals surface area contributed by atoms with Gasteiger partial charge < -0.3 is 9.64 Å². The monoisotopic (exact) mass is 225 g/mol. The Morgan fingerprint density at radius 2 is 1.88 bits per heavy atom. The highest BCUT2D eigenvalue weighted by Crippen LogP contribution is 2.37. The molecule has 2 nitrogen and oxygen atoms in total. The zero-order valence-corrected chi connectivity index (χ0v) is 9.89. The number of hydrogen-bond acceptors (Lipinski definition) is 2. The molecule has 2 aromatic rings. The van der Waals surface area contributed by atoms with Gasteiger partial charge in [-0.15, -0.1) is 0 Å². The molecule has 2 aromatic carbocycles. The van der Waals surface area contributed by atoms with Gasteiger partial charge in [-0.25, -0.2) is 0 Å². The number of ether oxygens (including phenoxy) is 1. The van der Waals surface area contributed by atoms with E-state index < -0.39 is 0 Å². The first kappa shape index (κ1) is 10.2. The number of anilines is 1. The van der Waals surface area contributed by atoms with E-state index in [-0.39, 0.29) is 0 Å². The molecule has 3 rings (SSSR count). The molecule has 0 N–H and O–H groups in total. The molecule has 0 aliphatic carbocycles. The minimum atomic E-state index is 0.671. The van der Waals surface area contributed by atoms with Crippen LogP contribution in [0.3, 0.4) is 0 Å². The fraction of sp³-hybridized carbons (Fsp3) is 0.200. The Morgan fingerprint density at radius 3 is 2.65 bits per heavy atom. The fourth-order valence-corrected chi connectivity index (χ4v) is 2.18. The van der Waals surface area contributed by atoms with E-state index in [2.05, 4.69) is 54.3 Å². The van der Waals surface area contributed by atoms with E-state index in [1.54, 1.807) is 0 Å². The molecule has 0 unspecified atom stereocenters. The molecule has 0 spiro atoms. The van der Waals surface area contributed by atoms with E-state index in [9.17, 15) is 0 Å². The van der Waals surface area contributed by atoms with E-state index in [0.29, 0.717) is 6.73 Å². The predicted molar refractivity (Wildman–Crippen MR) is 70.4 cm³/mol. The van der Waals surface area contributed by atoms with Crippen LogP contribution in [0.4, 0.5) is 5.69 Å². The van der Waals surface area contributed by atoms with Crippen LogP contribution in [0.15, 0.2) is 48.5 Å². The molecule has 0 radical (unpaired) electrons. The van der Waals surface area contributed by atoms with Gasteiger partial charge >= 0.3 is 0 Å². The summed E-state index contributed by atoms with van der Waals surface area (Å²) in [6, 6.07) is 16.8. The van der Waals surface area contributed by atoms with Gasteiger partial charge in [0.05, 0.1) is 5.69 Å². The maximum atomic E-state index is 5.62. The third-order valence-electron chi connectivity index (χ3n) is 3.16. The van der Waals surface area contributed by atoms with E-state index in [1.807, 2.05) is 6.07 Å². The molecular formula is C15H15NO. The van der Waals surface area contributed by atoms with E-state index in [0.717, 1.165) is 12.3 Å². The maximum Gasteiger partial charge on any atom is 0.161 e. The van der Waals surface area contributed by atoms with Crippen molar-refractivity contribution in [3.05, 3.63) is 48.5 Å². The van der Waals surface area contributed by atoms with Crippen LogP contribution in [0, 0.1) is 0 Å². The molecule has 1 aliphatic heterocycles. The molecule has 0 atom stereocenters. The summed E-state index contributed by atoms with van der Waals surface area (Å²) in [5, 5.41) is 0. The van der Waals surface area contributed by atoms with E-state index in [1.165, 1.54) is 16.8 Å². The van der Waals surface area contributed by atoms with E-state index in [4.69, 9.17) is 4.74 Å². The van der Waals surface area contributed by atoms with Crippen molar-refractivity contribution < 1.29 is 4.74 Å². The Bertz CT molecular complexity index is 522. The summed E-state index contributed by atoms with van der Waals surface area (Å²) < 4.78 is 5.62. The Balaban J connectivity index is 2.04. The smallest absolute Gasteiger partial charge is 0.161 e. The summed E-state index contributed by atoms with van der Waals surface area (Å²) in [5.74, 6) is 0.992. The van der Waals surface area contributed by atoms with Crippen LogP contribution in [0.5, 0.6) is 5.75 Å². The largest absolute Gasteiger partial charge is 0.471 e. The summed E-state index contributed by atoms with van der Waals surface area (Å²) in [6.07, 6.45) is 0. The zero-order chi connectivity index (χ0) is 11.7. The summed E-state index contributed by atoms with van der Waals surface area (Å²) in [7, 11) is 0. The van der Waals surface area contributed by atoms with Gasteiger partial charge in [0, 0.05) is 6.54 Å². The second-order valence-electron chi connectivity index (χ2n) is 4.18. The maximum absolute atomic E-state index is 5.62. The predicted octanol–water partition coefficient (Wildman–Crippen LogP) is 3.53. The average Bonchev–Trinajstić information content (AvgIpc) is 2.81. The van der Waals surface area contributed by atoms with Crippen LogP contribution < -0.4 is 9.64 Å². The number of rotatable bonds is 2. The van der Waals surface area contributed by atoms with Crippen molar-refractivity contribution in [2.24, 2.45) is 0 Å². The molecule has 0 fully saturated rings. The van der Waals surface area contributed by atoms with Crippen molar-refractivity contribution >= 4 is 5.69 Å². The highest BCUT2D eigenvalue weighted by atomic mass is 16.5. The van der Waals surface area contributed by atoms with Crippen LogP contribution in [-0.2, 0) is 0 Å². The Hall–Kier alpha value is -1.96. The lowest BCUT2D eigenvalue weighted by Gasteiger charge is -2.13. The fourth-order valence-electron chi connectivity index (χ4n) is 2.18. The lowest BCUT2D eigenvalue weighted by Crippen LogP contribution is -2.20. The standard InChI is InChI=1S/C15H15NO/c1-2-16-11-17-15-9-8-13(10-14(15)16)12-6-4-3-5-7-12/h3-10H,2,11H2,1H3. The van der Waals surface area contributed by atoms with Crippen LogP contribution in [0.25, 0.3) is 11.1 Å². The average molecular weight is 225 g/mol. The molecule has 0 aromatic heterocycles. The molecule has 17 heavy (non-hydrogen) atoms. The lowest BCUT2D eigenvalue weighted by molar-refractivity contribution is 0.348. The molecule has 0 saturated carbocycles. The molecular weight excluding hydrogens is 210 g/mol. The van der Waals surface area contributed by atoms with Crippen LogP contribution in [0.2, 0.25) is 0 Å². The van der Waals surface area contributed by atoms with Crippen molar-refractivity contribution in [1.29, 1.82) is 0 Å². The van der Waals surface area contributed by atoms with Gasteiger partial charge in [0.1, 0.15) is 5.75 Å². The number of fused-ring (bicyclic) bond motifs is 1. The topological polar surface area (TPSA) is 12.5 Å². The number of benzene rings is 2. The van der Waals surface area contributed by atoms with Gasteiger partial charge in [-0.05, 0) is 30.2 Å². The Morgan fingerprint density at radius 1 is 1.06 bits per heavy atom. The summed E-state index contributed by atoms with van der Waals surface area (Å²) in [5.41, 5.74) is 3.69. The molecule has 0 amide bonds. The van der Waals surface area contributed by atoms with Gasteiger partial charge in [-0.3, -0.25) is 0 Å². The van der Waals surface area contributed by atoms with Crippen LogP contribution in [0.1, 0.15) is 6.92 Å². The van der Waals surface area contributed by atoms with Crippen LogP contribution in [-0.4, -0.2) is 13.3 Å². The molecule has 1 aliphatic rings. The first-order valence-electron chi connectivity index (χ1n) is 5.95. The quantitative estimate of drug-likeness (QED) is 0.775. The Kier molecular flexibility index (Phi) is 2.48. The molecule has 0 saturated heterocycles. The highest BCUT2D eigenvalue weighted by Gasteiger charge is 2.19. The van der Waals surface area contributed by atoms with Gasteiger partial charge in [0.15, 0.2) is 6.73 Å². The second kappa shape index (κ2) is 4.13. The van der Waals surface area contributed by atoms with Gasteiger partial charge in [-0.2, -0.15) is 0 Å². The van der Waals surface area contributed by atoms with Crippen molar-refractivity contribution in [3.8, 4) is 16.9 Å². The SMILES string of the molecule is CCN1COc2ccc(-c3ccccc3)cc21. The minimum Gasteiger partial charge on any atom is -0.471 e. The third-order valence-corrected chi connectivity index (χ3v) is 3.16.